The molecule has 0 bridgehead atoms. The third-order valence-electron chi connectivity index (χ3n) is 1.98. The van der Waals surface area contributed by atoms with Gasteiger partial charge in [-0.25, -0.2) is 9.86 Å². The first-order valence-electron chi connectivity index (χ1n) is 4.37. The predicted molar refractivity (Wildman–Crippen MR) is 54.2 cm³/mol. The number of carbonyl (C=O) groups excluding carboxylic acids is 1. The maximum atomic E-state index is 11.6. The summed E-state index contributed by atoms with van der Waals surface area (Å²) in [6.07, 6.45) is 0.255. The molecule has 0 saturated heterocycles. The fourth-order valence-corrected chi connectivity index (χ4v) is 1.03. The van der Waals surface area contributed by atoms with Gasteiger partial charge in [0, 0.05) is 13.6 Å². The van der Waals surface area contributed by atoms with Crippen LogP contribution < -0.4 is 0 Å². The average Bonchev–Trinajstić information content (AvgIpc) is 2.22. The van der Waals surface area contributed by atoms with Crippen LogP contribution in [0.1, 0.15) is 6.92 Å². The molecule has 0 aromatic rings. The second kappa shape index (κ2) is 6.02. The third-order valence-corrected chi connectivity index (χ3v) is 1.98. The van der Waals surface area contributed by atoms with Crippen molar-refractivity contribution in [2.75, 3.05) is 20.7 Å². The second-order valence-corrected chi connectivity index (χ2v) is 2.92. The lowest BCUT2D eigenvalue weighted by Gasteiger charge is -2.26. The maximum absolute atomic E-state index is 11.6. The zero-order valence-electron chi connectivity index (χ0n) is 9.14. The van der Waals surface area contributed by atoms with Gasteiger partial charge in [-0.15, -0.1) is 6.58 Å². The monoisotopic (exact) mass is 216 g/mol. The number of hydroxylamine groups is 2. The second-order valence-electron chi connectivity index (χ2n) is 2.92. The standard InChI is InChI=1S/C9H16N2O4/c1-5-6-11(9(13)14)7(2)8(12)10(3)15-4/h5,7H,1,6H2,2-4H3,(H,13,14). The Morgan fingerprint density at radius 3 is 2.47 bits per heavy atom. The van der Waals surface area contributed by atoms with E-state index < -0.39 is 18.0 Å². The molecule has 1 N–H and O–H groups in total. The van der Waals surface area contributed by atoms with Gasteiger partial charge >= 0.3 is 6.09 Å². The highest BCUT2D eigenvalue weighted by molar-refractivity contribution is 5.84. The average molecular weight is 216 g/mol. The summed E-state index contributed by atoms with van der Waals surface area (Å²) in [5, 5.41) is 9.83. The number of hydrogen-bond acceptors (Lipinski definition) is 3. The Kier molecular flexibility index (Phi) is 5.40. The van der Waals surface area contributed by atoms with Crippen molar-refractivity contribution in [1.82, 2.24) is 9.96 Å². The van der Waals surface area contributed by atoms with Crippen molar-refractivity contribution in [1.29, 1.82) is 0 Å². The molecule has 0 radical (unpaired) electrons. The van der Waals surface area contributed by atoms with Crippen molar-refractivity contribution in [3.05, 3.63) is 12.7 Å². The minimum Gasteiger partial charge on any atom is -0.465 e. The number of carbonyl (C=O) groups is 2. The predicted octanol–water partition coefficient (Wildman–Crippen LogP) is 0.561. The van der Waals surface area contributed by atoms with Gasteiger partial charge in [-0.3, -0.25) is 14.5 Å². The number of nitrogens with zero attached hydrogens (tertiary/aromatic N) is 2. The largest absolute Gasteiger partial charge is 0.465 e. The Labute approximate surface area is 88.7 Å². The lowest BCUT2D eigenvalue weighted by Crippen LogP contribution is -2.47. The van der Waals surface area contributed by atoms with E-state index in [0.29, 0.717) is 0 Å². The SMILES string of the molecule is C=CCN(C(=O)O)C(C)C(=O)N(C)OC. The van der Waals surface area contributed by atoms with Gasteiger partial charge < -0.3 is 5.11 Å². The Morgan fingerprint density at radius 2 is 2.13 bits per heavy atom. The minimum atomic E-state index is -1.17. The lowest BCUT2D eigenvalue weighted by molar-refractivity contribution is -0.173. The highest BCUT2D eigenvalue weighted by atomic mass is 16.7. The molecule has 0 aliphatic carbocycles. The molecule has 0 aromatic heterocycles. The Bertz CT molecular complexity index is 254. The minimum absolute atomic E-state index is 0.0970. The number of carboxylic acid groups (broad SMARTS) is 1. The molecule has 1 unspecified atom stereocenters. The van der Waals surface area contributed by atoms with Crippen LogP contribution >= 0.6 is 0 Å². The van der Waals surface area contributed by atoms with Gasteiger partial charge in [-0.05, 0) is 6.92 Å². The van der Waals surface area contributed by atoms with Crippen LogP contribution in [0.5, 0.6) is 0 Å². The normalized spacial score (nSPS) is 11.7. The van der Waals surface area contributed by atoms with Crippen LogP contribution in [0.2, 0.25) is 0 Å². The molecule has 6 nitrogen and oxygen atoms in total. The highest BCUT2D eigenvalue weighted by Crippen LogP contribution is 2.03. The molecular weight excluding hydrogens is 200 g/mol. The highest BCUT2D eigenvalue weighted by Gasteiger charge is 2.27. The van der Waals surface area contributed by atoms with Gasteiger partial charge in [0.15, 0.2) is 0 Å². The number of rotatable bonds is 5. The summed E-state index contributed by atoms with van der Waals surface area (Å²) in [5.74, 6) is -0.429. The molecule has 0 heterocycles. The molecule has 0 aliphatic rings. The first kappa shape index (κ1) is 13.4. The molecule has 1 atom stereocenters. The summed E-state index contributed by atoms with van der Waals surface area (Å²) < 4.78 is 0. The van der Waals surface area contributed by atoms with Gasteiger partial charge in [0.1, 0.15) is 6.04 Å². The molecule has 0 rings (SSSR count). The van der Waals surface area contributed by atoms with Gasteiger partial charge in [-0.1, -0.05) is 6.08 Å². The fourth-order valence-electron chi connectivity index (χ4n) is 1.03. The van der Waals surface area contributed by atoms with Gasteiger partial charge in [0.25, 0.3) is 5.91 Å². The zero-order valence-corrected chi connectivity index (χ0v) is 9.14. The van der Waals surface area contributed by atoms with E-state index in [4.69, 9.17) is 5.11 Å². The molecule has 0 aromatic carbocycles. The molecule has 6 heteroatoms. The fraction of sp³-hybridized carbons (Fsp3) is 0.556. The van der Waals surface area contributed by atoms with E-state index in [1.165, 1.54) is 27.2 Å². The van der Waals surface area contributed by atoms with Gasteiger partial charge in [-0.2, -0.15) is 0 Å². The molecule has 0 saturated carbocycles. The Balaban J connectivity index is 4.62. The summed E-state index contributed by atoms with van der Waals surface area (Å²) >= 11 is 0. The summed E-state index contributed by atoms with van der Waals surface area (Å²) in [6, 6.07) is -0.801. The quantitative estimate of drug-likeness (QED) is 0.538. The number of hydrogen-bond donors (Lipinski definition) is 1. The summed E-state index contributed by atoms with van der Waals surface area (Å²) in [7, 11) is 2.76. The lowest BCUT2D eigenvalue weighted by atomic mass is 10.2. The van der Waals surface area contributed by atoms with Crippen molar-refractivity contribution < 1.29 is 19.5 Å². The topological polar surface area (TPSA) is 70.1 Å². The zero-order chi connectivity index (χ0) is 12.0. The van der Waals surface area contributed by atoms with Crippen LogP contribution in [0.15, 0.2) is 12.7 Å². The van der Waals surface area contributed by atoms with E-state index in [1.807, 2.05) is 0 Å². The van der Waals surface area contributed by atoms with Crippen LogP contribution in [0.4, 0.5) is 4.79 Å². The number of amides is 2. The van der Waals surface area contributed by atoms with E-state index >= 15 is 0 Å². The molecular formula is C9H16N2O4. The maximum Gasteiger partial charge on any atom is 0.408 e. The molecule has 2 amide bonds. The van der Waals surface area contributed by atoms with Crippen LogP contribution in [-0.2, 0) is 9.63 Å². The number of likely N-dealkylation sites (N-methyl/N-ethyl adjacent to an activating group) is 1. The first-order valence-corrected chi connectivity index (χ1v) is 4.37. The molecule has 0 fully saturated rings. The van der Waals surface area contributed by atoms with Gasteiger partial charge in [0.2, 0.25) is 0 Å². The Morgan fingerprint density at radius 1 is 1.60 bits per heavy atom. The molecule has 0 spiro atoms. The summed E-state index contributed by atoms with van der Waals surface area (Å²) in [4.78, 5) is 28.0. The van der Waals surface area contributed by atoms with Crippen LogP contribution in [0, 0.1) is 0 Å². The van der Waals surface area contributed by atoms with E-state index in [9.17, 15) is 9.59 Å². The molecule has 0 aliphatic heterocycles. The van der Waals surface area contributed by atoms with E-state index in [-0.39, 0.29) is 6.54 Å². The van der Waals surface area contributed by atoms with Crippen molar-refractivity contribution >= 4 is 12.0 Å². The van der Waals surface area contributed by atoms with Crippen LogP contribution in [0.3, 0.4) is 0 Å². The van der Waals surface area contributed by atoms with Crippen molar-refractivity contribution in [3.8, 4) is 0 Å². The Hall–Kier alpha value is -1.56. The van der Waals surface area contributed by atoms with Crippen LogP contribution in [0.25, 0.3) is 0 Å². The van der Waals surface area contributed by atoms with E-state index in [1.54, 1.807) is 0 Å². The first-order chi connectivity index (χ1) is 6.95. The van der Waals surface area contributed by atoms with Gasteiger partial charge in [0.05, 0.1) is 7.11 Å². The third kappa shape index (κ3) is 3.59. The molecule has 86 valence electrons. The summed E-state index contributed by atoms with van der Waals surface area (Å²) in [5.41, 5.74) is 0. The van der Waals surface area contributed by atoms with Crippen LogP contribution in [-0.4, -0.2) is 53.8 Å². The van der Waals surface area contributed by atoms with E-state index in [0.717, 1.165) is 9.96 Å². The summed E-state index contributed by atoms with van der Waals surface area (Å²) in [6.45, 7) is 5.02. The van der Waals surface area contributed by atoms with Crippen molar-refractivity contribution in [3.63, 3.8) is 0 Å². The van der Waals surface area contributed by atoms with Crippen molar-refractivity contribution in [2.45, 2.75) is 13.0 Å². The molecule has 15 heavy (non-hydrogen) atoms. The smallest absolute Gasteiger partial charge is 0.408 e. The van der Waals surface area contributed by atoms with E-state index in [2.05, 4.69) is 11.4 Å². The van der Waals surface area contributed by atoms with Crippen molar-refractivity contribution in [2.24, 2.45) is 0 Å².